The van der Waals surface area contributed by atoms with Crippen LogP contribution >= 0.6 is 15.9 Å². The number of carbonyl (C=O) groups is 3. The van der Waals surface area contributed by atoms with E-state index in [9.17, 15) is 14.4 Å². The molecule has 0 aromatic heterocycles. The molecule has 0 aromatic rings. The SMILES string of the molecule is COC(=O)[C@]12CC[C@](CBr)(C(=O)C1=O)C2(C)C. The number of alkyl halides is 1. The zero-order chi connectivity index (χ0) is 13.1. The molecule has 0 N–H and O–H groups in total. The van der Waals surface area contributed by atoms with Crippen molar-refractivity contribution in [2.45, 2.75) is 26.7 Å². The third-order valence-electron chi connectivity index (χ3n) is 4.98. The van der Waals surface area contributed by atoms with E-state index in [0.29, 0.717) is 18.2 Å². The molecule has 2 rings (SSSR count). The molecule has 2 aliphatic carbocycles. The molecule has 2 atom stereocenters. The number of ketones is 2. The van der Waals surface area contributed by atoms with Crippen LogP contribution in [-0.4, -0.2) is 30.0 Å². The lowest BCUT2D eigenvalue weighted by atomic mass is 9.65. The number of hydrogen-bond donors (Lipinski definition) is 0. The number of hydrogen-bond acceptors (Lipinski definition) is 4. The van der Waals surface area contributed by atoms with E-state index < -0.39 is 33.8 Å². The summed E-state index contributed by atoms with van der Waals surface area (Å²) in [5, 5.41) is 0.413. The molecule has 0 aliphatic heterocycles. The summed E-state index contributed by atoms with van der Waals surface area (Å²) in [4.78, 5) is 36.4. The first-order valence-electron chi connectivity index (χ1n) is 5.55. The normalized spacial score (nSPS) is 38.6. The molecule has 0 aromatic carbocycles. The number of rotatable bonds is 2. The maximum Gasteiger partial charge on any atom is 0.320 e. The van der Waals surface area contributed by atoms with Gasteiger partial charge in [-0.05, 0) is 12.8 Å². The molecule has 0 radical (unpaired) electrons. The van der Waals surface area contributed by atoms with Gasteiger partial charge in [-0.3, -0.25) is 14.4 Å². The Morgan fingerprint density at radius 2 is 1.88 bits per heavy atom. The summed E-state index contributed by atoms with van der Waals surface area (Å²) in [6.07, 6.45) is 0.966. The highest BCUT2D eigenvalue weighted by molar-refractivity contribution is 9.09. The molecule has 2 aliphatic rings. The number of Topliss-reactive ketones (excluding diaryl/α,β-unsaturated/α-hetero) is 2. The van der Waals surface area contributed by atoms with E-state index in [4.69, 9.17) is 4.74 Å². The molecule has 0 spiro atoms. The molecule has 17 heavy (non-hydrogen) atoms. The van der Waals surface area contributed by atoms with Gasteiger partial charge >= 0.3 is 5.97 Å². The zero-order valence-corrected chi connectivity index (χ0v) is 11.7. The van der Waals surface area contributed by atoms with E-state index in [1.807, 2.05) is 13.8 Å². The second-order valence-electron chi connectivity index (χ2n) is 5.40. The first-order chi connectivity index (χ1) is 7.81. The van der Waals surface area contributed by atoms with Crippen LogP contribution in [0.2, 0.25) is 0 Å². The van der Waals surface area contributed by atoms with Crippen molar-refractivity contribution in [1.29, 1.82) is 0 Å². The van der Waals surface area contributed by atoms with Gasteiger partial charge in [0.05, 0.1) is 12.5 Å². The fourth-order valence-electron chi connectivity index (χ4n) is 3.56. The Hall–Kier alpha value is -0.710. The van der Waals surface area contributed by atoms with Crippen molar-refractivity contribution in [2.75, 3.05) is 12.4 Å². The van der Waals surface area contributed by atoms with Gasteiger partial charge in [-0.2, -0.15) is 0 Å². The van der Waals surface area contributed by atoms with Crippen LogP contribution in [0.5, 0.6) is 0 Å². The van der Waals surface area contributed by atoms with E-state index in [1.165, 1.54) is 7.11 Å². The van der Waals surface area contributed by atoms with Crippen molar-refractivity contribution >= 4 is 33.5 Å². The highest BCUT2D eigenvalue weighted by Gasteiger charge is 2.79. The van der Waals surface area contributed by atoms with Gasteiger partial charge in [-0.15, -0.1) is 0 Å². The summed E-state index contributed by atoms with van der Waals surface area (Å²) in [6, 6.07) is 0. The van der Waals surface area contributed by atoms with Gasteiger partial charge in [0.1, 0.15) is 5.41 Å². The summed E-state index contributed by atoms with van der Waals surface area (Å²) in [5.74, 6) is -1.56. The standard InChI is InChI=1S/C12H15BrO4/c1-10(2)11(6-13)4-5-12(10,9(16)17-3)8(15)7(11)14/h4-6H2,1-3H3/t11-,12-/m0/s1. The van der Waals surface area contributed by atoms with Crippen molar-refractivity contribution in [3.8, 4) is 0 Å². The highest BCUT2D eigenvalue weighted by Crippen LogP contribution is 2.69. The summed E-state index contributed by atoms with van der Waals surface area (Å²) < 4.78 is 4.77. The number of halogens is 1. The second kappa shape index (κ2) is 3.40. The van der Waals surface area contributed by atoms with E-state index in [2.05, 4.69) is 15.9 Å². The number of fused-ring (bicyclic) bond motifs is 2. The molecule has 2 bridgehead atoms. The van der Waals surface area contributed by atoms with E-state index in [1.54, 1.807) is 0 Å². The average Bonchev–Trinajstić information content (AvgIpc) is 2.61. The third kappa shape index (κ3) is 1.03. The maximum atomic E-state index is 12.2. The number of methoxy groups -OCH3 is 1. The third-order valence-corrected chi connectivity index (χ3v) is 5.94. The van der Waals surface area contributed by atoms with Gasteiger partial charge in [0.25, 0.3) is 0 Å². The van der Waals surface area contributed by atoms with Crippen LogP contribution in [0.4, 0.5) is 0 Å². The summed E-state index contributed by atoms with van der Waals surface area (Å²) >= 11 is 3.33. The highest BCUT2D eigenvalue weighted by atomic mass is 79.9. The number of carbonyl (C=O) groups excluding carboxylic acids is 3. The van der Waals surface area contributed by atoms with Crippen LogP contribution in [0.15, 0.2) is 0 Å². The Morgan fingerprint density at radius 1 is 1.29 bits per heavy atom. The van der Waals surface area contributed by atoms with Crippen LogP contribution in [0.1, 0.15) is 26.7 Å². The molecule has 2 saturated carbocycles. The fraction of sp³-hybridized carbons (Fsp3) is 0.750. The molecule has 2 fully saturated rings. The van der Waals surface area contributed by atoms with Crippen LogP contribution < -0.4 is 0 Å². The second-order valence-corrected chi connectivity index (χ2v) is 5.96. The van der Waals surface area contributed by atoms with Crippen molar-refractivity contribution in [3.63, 3.8) is 0 Å². The minimum absolute atomic E-state index is 0.406. The lowest BCUT2D eigenvalue weighted by Gasteiger charge is -2.37. The quantitative estimate of drug-likeness (QED) is 0.336. The number of ether oxygens (including phenoxy) is 1. The molecule has 4 nitrogen and oxygen atoms in total. The first kappa shape index (κ1) is 12.7. The van der Waals surface area contributed by atoms with Crippen LogP contribution in [0.25, 0.3) is 0 Å². The van der Waals surface area contributed by atoms with Crippen molar-refractivity contribution < 1.29 is 19.1 Å². The van der Waals surface area contributed by atoms with Gasteiger partial charge < -0.3 is 4.74 Å². The van der Waals surface area contributed by atoms with Crippen molar-refractivity contribution in [1.82, 2.24) is 0 Å². The predicted octanol–water partition coefficient (Wildman–Crippen LogP) is 1.50. The van der Waals surface area contributed by atoms with Gasteiger partial charge in [0.15, 0.2) is 0 Å². The summed E-state index contributed by atoms with van der Waals surface area (Å²) in [7, 11) is 1.26. The lowest BCUT2D eigenvalue weighted by molar-refractivity contribution is -0.163. The first-order valence-corrected chi connectivity index (χ1v) is 6.67. The molecular formula is C12H15BrO4. The monoisotopic (exact) mass is 302 g/mol. The van der Waals surface area contributed by atoms with Crippen molar-refractivity contribution in [2.24, 2.45) is 16.2 Å². The number of esters is 1. The molecular weight excluding hydrogens is 288 g/mol. The van der Waals surface area contributed by atoms with Gasteiger partial charge in [-0.1, -0.05) is 29.8 Å². The average molecular weight is 303 g/mol. The summed E-state index contributed by atoms with van der Waals surface area (Å²) in [5.41, 5.74) is -2.71. The van der Waals surface area contributed by atoms with Crippen LogP contribution in [-0.2, 0) is 19.1 Å². The Labute approximate surface area is 108 Å². The van der Waals surface area contributed by atoms with Crippen LogP contribution in [0.3, 0.4) is 0 Å². The van der Waals surface area contributed by atoms with E-state index in [0.717, 1.165) is 0 Å². The molecule has 0 heterocycles. The minimum atomic E-state index is -1.27. The van der Waals surface area contributed by atoms with E-state index >= 15 is 0 Å². The minimum Gasteiger partial charge on any atom is -0.468 e. The lowest BCUT2D eigenvalue weighted by Crippen LogP contribution is -2.45. The van der Waals surface area contributed by atoms with Gasteiger partial charge in [0.2, 0.25) is 11.6 Å². The molecule has 0 amide bonds. The largest absolute Gasteiger partial charge is 0.468 e. The van der Waals surface area contributed by atoms with E-state index in [-0.39, 0.29) is 0 Å². The maximum absolute atomic E-state index is 12.2. The molecule has 0 saturated heterocycles. The Balaban J connectivity index is 2.68. The Kier molecular flexibility index (Phi) is 2.55. The Bertz CT molecular complexity index is 428. The van der Waals surface area contributed by atoms with Gasteiger partial charge in [0, 0.05) is 10.7 Å². The zero-order valence-electron chi connectivity index (χ0n) is 10.1. The van der Waals surface area contributed by atoms with Crippen molar-refractivity contribution in [3.05, 3.63) is 0 Å². The summed E-state index contributed by atoms with van der Waals surface area (Å²) in [6.45, 7) is 3.64. The smallest absolute Gasteiger partial charge is 0.320 e. The molecule has 0 unspecified atom stereocenters. The van der Waals surface area contributed by atoms with Crippen LogP contribution in [0, 0.1) is 16.2 Å². The topological polar surface area (TPSA) is 60.4 Å². The Morgan fingerprint density at radius 3 is 2.29 bits per heavy atom. The fourth-order valence-corrected chi connectivity index (χ4v) is 4.79. The predicted molar refractivity (Wildman–Crippen MR) is 63.7 cm³/mol. The molecule has 5 heteroatoms. The van der Waals surface area contributed by atoms with Gasteiger partial charge in [-0.25, -0.2) is 0 Å². The molecule has 94 valence electrons.